The monoisotopic (exact) mass is 480 g/mol. The molecule has 0 aromatic rings. The van der Waals surface area contributed by atoms with Crippen molar-refractivity contribution in [3.05, 3.63) is 0 Å². The van der Waals surface area contributed by atoms with E-state index in [9.17, 15) is 0 Å². The second kappa shape index (κ2) is 31.0. The standard InChI is InChI=1S/C33H69N/c1-4-6-8-10-12-14-16-18-19-21-23-25-27-29-31-33(32-34-3)30-28-26-24-22-20-17-15-13-11-9-7-5-2/h33-34H,4-32H2,1-3H3. The normalized spacial score (nSPS) is 12.4. The van der Waals surface area contributed by atoms with Crippen LogP contribution in [-0.2, 0) is 0 Å². The van der Waals surface area contributed by atoms with Crippen LogP contribution in [-0.4, -0.2) is 13.6 Å². The average Bonchev–Trinajstić information content (AvgIpc) is 2.84. The average molecular weight is 480 g/mol. The molecule has 0 aliphatic rings. The van der Waals surface area contributed by atoms with Crippen LogP contribution in [0.2, 0.25) is 0 Å². The van der Waals surface area contributed by atoms with Crippen molar-refractivity contribution >= 4 is 0 Å². The molecule has 1 heteroatoms. The third-order valence-corrected chi connectivity index (χ3v) is 7.92. The summed E-state index contributed by atoms with van der Waals surface area (Å²) in [4.78, 5) is 0. The van der Waals surface area contributed by atoms with E-state index in [1.165, 1.54) is 186 Å². The molecule has 1 nitrogen and oxygen atoms in total. The molecule has 0 aromatic carbocycles. The molecule has 0 saturated carbocycles. The van der Waals surface area contributed by atoms with E-state index in [0.29, 0.717) is 0 Å². The van der Waals surface area contributed by atoms with Crippen LogP contribution in [0.3, 0.4) is 0 Å². The van der Waals surface area contributed by atoms with Gasteiger partial charge in [-0.2, -0.15) is 0 Å². The Morgan fingerprint density at radius 2 is 0.588 bits per heavy atom. The van der Waals surface area contributed by atoms with E-state index in [1.807, 2.05) is 0 Å². The smallest absolute Gasteiger partial charge is 0.00235 e. The molecule has 0 aliphatic heterocycles. The Morgan fingerprint density at radius 1 is 0.353 bits per heavy atom. The molecular formula is C33H69N. The van der Waals surface area contributed by atoms with Crippen LogP contribution < -0.4 is 5.32 Å². The van der Waals surface area contributed by atoms with Crippen molar-refractivity contribution in [3.63, 3.8) is 0 Å². The van der Waals surface area contributed by atoms with Crippen molar-refractivity contribution in [3.8, 4) is 0 Å². The quantitative estimate of drug-likeness (QED) is 0.101. The Labute approximate surface area is 218 Å². The lowest BCUT2D eigenvalue weighted by Gasteiger charge is -2.16. The second-order valence-corrected chi connectivity index (χ2v) is 11.5. The Hall–Kier alpha value is -0.0400. The molecule has 0 spiro atoms. The molecule has 1 unspecified atom stereocenters. The van der Waals surface area contributed by atoms with E-state index in [-0.39, 0.29) is 0 Å². The second-order valence-electron chi connectivity index (χ2n) is 11.5. The van der Waals surface area contributed by atoms with Gasteiger partial charge in [-0.25, -0.2) is 0 Å². The van der Waals surface area contributed by atoms with E-state index >= 15 is 0 Å². The minimum atomic E-state index is 0.922. The fourth-order valence-corrected chi connectivity index (χ4v) is 5.54. The minimum absolute atomic E-state index is 0.922. The molecule has 1 N–H and O–H groups in total. The third-order valence-electron chi connectivity index (χ3n) is 7.92. The lowest BCUT2D eigenvalue weighted by Crippen LogP contribution is -2.18. The number of nitrogens with one attached hydrogen (secondary N) is 1. The molecule has 0 aliphatic carbocycles. The first kappa shape index (κ1) is 34.0. The van der Waals surface area contributed by atoms with Gasteiger partial charge < -0.3 is 5.32 Å². The van der Waals surface area contributed by atoms with Crippen LogP contribution >= 0.6 is 0 Å². The first-order valence-corrected chi connectivity index (χ1v) is 16.5. The summed E-state index contributed by atoms with van der Waals surface area (Å²) in [5.74, 6) is 0.922. The number of hydrogen-bond donors (Lipinski definition) is 1. The fourth-order valence-electron chi connectivity index (χ4n) is 5.54. The highest BCUT2D eigenvalue weighted by Crippen LogP contribution is 2.20. The molecule has 0 saturated heterocycles. The van der Waals surface area contributed by atoms with E-state index in [2.05, 4.69) is 26.2 Å². The zero-order valence-electron chi connectivity index (χ0n) is 24.6. The van der Waals surface area contributed by atoms with Crippen LogP contribution in [0.25, 0.3) is 0 Å². The maximum atomic E-state index is 3.46. The maximum Gasteiger partial charge on any atom is -0.00235 e. The van der Waals surface area contributed by atoms with Gasteiger partial charge in [0.15, 0.2) is 0 Å². The van der Waals surface area contributed by atoms with Crippen LogP contribution in [0, 0.1) is 5.92 Å². The predicted octanol–water partition coefficient (Wildman–Crippen LogP) is 11.8. The SMILES string of the molecule is CCCCCCCCCCCCCCCCC(CCCCCCCCCCCCCC)CNC. The Bertz CT molecular complexity index is 339. The van der Waals surface area contributed by atoms with Gasteiger partial charge >= 0.3 is 0 Å². The largest absolute Gasteiger partial charge is 0.319 e. The van der Waals surface area contributed by atoms with Crippen molar-refractivity contribution in [1.82, 2.24) is 5.32 Å². The first-order chi connectivity index (χ1) is 16.8. The molecule has 206 valence electrons. The highest BCUT2D eigenvalue weighted by molar-refractivity contribution is 4.63. The maximum absolute atomic E-state index is 3.46. The highest BCUT2D eigenvalue weighted by Gasteiger charge is 2.07. The van der Waals surface area contributed by atoms with Crippen molar-refractivity contribution in [2.75, 3.05) is 13.6 Å². The lowest BCUT2D eigenvalue weighted by atomic mass is 9.94. The summed E-state index contributed by atoms with van der Waals surface area (Å²) in [6, 6.07) is 0. The first-order valence-electron chi connectivity index (χ1n) is 16.5. The summed E-state index contributed by atoms with van der Waals surface area (Å²) in [5.41, 5.74) is 0. The molecule has 0 amide bonds. The summed E-state index contributed by atoms with van der Waals surface area (Å²) in [5, 5.41) is 3.46. The Kier molecular flexibility index (Phi) is 31.0. The summed E-state index contributed by atoms with van der Waals surface area (Å²) >= 11 is 0. The van der Waals surface area contributed by atoms with Gasteiger partial charge in [0, 0.05) is 0 Å². The zero-order valence-corrected chi connectivity index (χ0v) is 24.6. The van der Waals surface area contributed by atoms with Gasteiger partial charge in [-0.1, -0.05) is 181 Å². The van der Waals surface area contributed by atoms with Gasteiger partial charge in [-0.05, 0) is 32.4 Å². The van der Waals surface area contributed by atoms with Gasteiger partial charge in [0.2, 0.25) is 0 Å². The van der Waals surface area contributed by atoms with Gasteiger partial charge in [-0.15, -0.1) is 0 Å². The van der Waals surface area contributed by atoms with E-state index in [4.69, 9.17) is 0 Å². The predicted molar refractivity (Wildman–Crippen MR) is 158 cm³/mol. The topological polar surface area (TPSA) is 12.0 Å². The van der Waals surface area contributed by atoms with Crippen molar-refractivity contribution < 1.29 is 0 Å². The summed E-state index contributed by atoms with van der Waals surface area (Å²) in [6.07, 6.45) is 41.0. The third kappa shape index (κ3) is 28.2. The summed E-state index contributed by atoms with van der Waals surface area (Å²) < 4.78 is 0. The molecule has 0 rings (SSSR count). The van der Waals surface area contributed by atoms with Gasteiger partial charge in [-0.3, -0.25) is 0 Å². The molecule has 0 bridgehead atoms. The molecule has 34 heavy (non-hydrogen) atoms. The number of unbranched alkanes of at least 4 members (excludes halogenated alkanes) is 24. The minimum Gasteiger partial charge on any atom is -0.319 e. The number of rotatable bonds is 30. The molecular weight excluding hydrogens is 410 g/mol. The van der Waals surface area contributed by atoms with Crippen molar-refractivity contribution in [2.45, 2.75) is 194 Å². The molecule has 0 heterocycles. The number of hydrogen-bond acceptors (Lipinski definition) is 1. The summed E-state index contributed by atoms with van der Waals surface area (Å²) in [6.45, 7) is 5.85. The van der Waals surface area contributed by atoms with Gasteiger partial charge in [0.25, 0.3) is 0 Å². The van der Waals surface area contributed by atoms with E-state index in [1.54, 1.807) is 0 Å². The zero-order chi connectivity index (χ0) is 24.8. The van der Waals surface area contributed by atoms with Gasteiger partial charge in [0.1, 0.15) is 0 Å². The van der Waals surface area contributed by atoms with Crippen molar-refractivity contribution in [1.29, 1.82) is 0 Å². The van der Waals surface area contributed by atoms with E-state index < -0.39 is 0 Å². The molecule has 0 fully saturated rings. The molecule has 0 radical (unpaired) electrons. The van der Waals surface area contributed by atoms with Gasteiger partial charge in [0.05, 0.1) is 0 Å². The van der Waals surface area contributed by atoms with Crippen LogP contribution in [0.5, 0.6) is 0 Å². The van der Waals surface area contributed by atoms with Crippen LogP contribution in [0.4, 0.5) is 0 Å². The van der Waals surface area contributed by atoms with E-state index in [0.717, 1.165) is 5.92 Å². The Morgan fingerprint density at radius 3 is 0.824 bits per heavy atom. The van der Waals surface area contributed by atoms with Crippen LogP contribution in [0.1, 0.15) is 194 Å². The Balaban J connectivity index is 3.37. The van der Waals surface area contributed by atoms with Crippen LogP contribution in [0.15, 0.2) is 0 Å². The molecule has 0 aromatic heterocycles. The van der Waals surface area contributed by atoms with Crippen molar-refractivity contribution in [2.24, 2.45) is 5.92 Å². The fraction of sp³-hybridized carbons (Fsp3) is 1.00. The molecule has 1 atom stereocenters. The summed E-state index contributed by atoms with van der Waals surface area (Å²) in [7, 11) is 2.14. The highest BCUT2D eigenvalue weighted by atomic mass is 14.8. The lowest BCUT2D eigenvalue weighted by molar-refractivity contribution is 0.390.